The molecule has 0 radical (unpaired) electrons. The third-order valence-electron chi connectivity index (χ3n) is 2.78. The molecule has 0 atom stereocenters. The Hall–Kier alpha value is -2.79. The predicted octanol–water partition coefficient (Wildman–Crippen LogP) is 3.23. The molecule has 1 rings (SSSR count). The molecule has 0 aliphatic heterocycles. The van der Waals surface area contributed by atoms with Crippen LogP contribution in [0, 0.1) is 22.7 Å². The highest BCUT2D eigenvalue weighted by Gasteiger charge is 2.01. The summed E-state index contributed by atoms with van der Waals surface area (Å²) in [6.45, 7) is 2.72. The second-order valence-electron chi connectivity index (χ2n) is 4.46. The van der Waals surface area contributed by atoms with E-state index in [1.54, 1.807) is 31.2 Å². The number of nitrogens with zero attached hydrogens (tertiary/aromatic N) is 2. The van der Waals surface area contributed by atoms with Gasteiger partial charge in [0.1, 0.15) is 23.5 Å². The molecule has 0 amide bonds. The van der Waals surface area contributed by atoms with E-state index >= 15 is 0 Å². The molecule has 0 saturated carbocycles. The smallest absolute Gasteiger partial charge is 0.305 e. The number of unbranched alkanes of at least 4 members (excludes halogenated alkanes) is 1. The molecule has 5 nitrogen and oxygen atoms in total. The fraction of sp³-hybridized carbons (Fsp3) is 0.353. The van der Waals surface area contributed by atoms with Gasteiger partial charge < -0.3 is 9.47 Å². The first kappa shape index (κ1) is 17.3. The fourth-order valence-corrected chi connectivity index (χ4v) is 1.71. The topological polar surface area (TPSA) is 83.1 Å². The van der Waals surface area contributed by atoms with Crippen molar-refractivity contribution < 1.29 is 14.3 Å². The van der Waals surface area contributed by atoms with Crippen molar-refractivity contribution in [3.8, 4) is 17.9 Å². The minimum absolute atomic E-state index is 0.0626. The highest BCUT2D eigenvalue weighted by Crippen LogP contribution is 2.15. The number of rotatable bonds is 8. The molecule has 0 aliphatic carbocycles. The first-order chi connectivity index (χ1) is 10.7. The highest BCUT2D eigenvalue weighted by molar-refractivity contribution is 5.69. The maximum absolute atomic E-state index is 11.1. The van der Waals surface area contributed by atoms with Crippen LogP contribution in [0.25, 0.3) is 6.08 Å². The van der Waals surface area contributed by atoms with Gasteiger partial charge in [-0.1, -0.05) is 12.1 Å². The summed E-state index contributed by atoms with van der Waals surface area (Å²) in [5, 5.41) is 17.4. The first-order valence-electron chi connectivity index (χ1n) is 7.10. The fourth-order valence-electron chi connectivity index (χ4n) is 1.71. The van der Waals surface area contributed by atoms with Crippen molar-refractivity contribution in [1.29, 1.82) is 10.5 Å². The van der Waals surface area contributed by atoms with Gasteiger partial charge in [-0.3, -0.25) is 4.79 Å². The number of hydrogen-bond donors (Lipinski definition) is 0. The SMILES string of the molecule is CCOC(=O)CCCCOc1ccc(C=C(C#N)C#N)cc1. The van der Waals surface area contributed by atoms with Crippen LogP contribution in [0.1, 0.15) is 31.7 Å². The number of carbonyl (C=O) groups excluding carboxylic acids is 1. The Kier molecular flexibility index (Phi) is 7.86. The van der Waals surface area contributed by atoms with E-state index in [0.29, 0.717) is 25.4 Å². The third-order valence-corrected chi connectivity index (χ3v) is 2.78. The van der Waals surface area contributed by atoms with E-state index < -0.39 is 0 Å². The van der Waals surface area contributed by atoms with Crippen molar-refractivity contribution in [3.63, 3.8) is 0 Å². The van der Waals surface area contributed by atoms with E-state index in [0.717, 1.165) is 18.4 Å². The van der Waals surface area contributed by atoms with Gasteiger partial charge in [0, 0.05) is 6.42 Å². The summed E-state index contributed by atoms with van der Waals surface area (Å²) in [5.74, 6) is 0.535. The summed E-state index contributed by atoms with van der Waals surface area (Å²) in [6.07, 6.45) is 3.43. The normalized spacial score (nSPS) is 9.23. The maximum atomic E-state index is 11.1. The zero-order valence-electron chi connectivity index (χ0n) is 12.5. The molecule has 0 N–H and O–H groups in total. The van der Waals surface area contributed by atoms with Crippen LogP contribution < -0.4 is 4.74 Å². The van der Waals surface area contributed by atoms with E-state index in [1.165, 1.54) is 6.08 Å². The van der Waals surface area contributed by atoms with Crippen molar-refractivity contribution in [2.24, 2.45) is 0 Å². The van der Waals surface area contributed by atoms with Crippen LogP contribution in [0.3, 0.4) is 0 Å². The second-order valence-corrected chi connectivity index (χ2v) is 4.46. The van der Waals surface area contributed by atoms with Crippen LogP contribution in [-0.2, 0) is 9.53 Å². The monoisotopic (exact) mass is 298 g/mol. The number of benzene rings is 1. The Morgan fingerprint density at radius 3 is 2.45 bits per heavy atom. The molecule has 1 aromatic carbocycles. The lowest BCUT2D eigenvalue weighted by atomic mass is 10.1. The summed E-state index contributed by atoms with van der Waals surface area (Å²) in [5.41, 5.74) is 0.834. The Labute approximate surface area is 130 Å². The Morgan fingerprint density at radius 2 is 1.86 bits per heavy atom. The van der Waals surface area contributed by atoms with Crippen molar-refractivity contribution in [2.75, 3.05) is 13.2 Å². The van der Waals surface area contributed by atoms with Gasteiger partial charge in [-0.2, -0.15) is 10.5 Å². The van der Waals surface area contributed by atoms with Gasteiger partial charge in [-0.05, 0) is 43.5 Å². The molecule has 5 heteroatoms. The van der Waals surface area contributed by atoms with Crippen LogP contribution in [0.2, 0.25) is 0 Å². The molecule has 0 bridgehead atoms. The third kappa shape index (κ3) is 6.58. The molecule has 114 valence electrons. The van der Waals surface area contributed by atoms with E-state index in [9.17, 15) is 4.79 Å². The number of ether oxygens (including phenoxy) is 2. The molecular formula is C17H18N2O3. The highest BCUT2D eigenvalue weighted by atomic mass is 16.5. The summed E-state index contributed by atoms with van der Waals surface area (Å²) in [6, 6.07) is 10.7. The van der Waals surface area contributed by atoms with E-state index in [1.807, 2.05) is 12.1 Å². The number of hydrogen-bond acceptors (Lipinski definition) is 5. The minimum Gasteiger partial charge on any atom is -0.494 e. The van der Waals surface area contributed by atoms with Crippen LogP contribution in [0.5, 0.6) is 5.75 Å². The van der Waals surface area contributed by atoms with E-state index in [-0.39, 0.29) is 11.5 Å². The van der Waals surface area contributed by atoms with Crippen molar-refractivity contribution in [2.45, 2.75) is 26.2 Å². The molecule has 1 aromatic rings. The summed E-state index contributed by atoms with van der Waals surface area (Å²) in [7, 11) is 0. The average Bonchev–Trinajstić information content (AvgIpc) is 2.54. The van der Waals surface area contributed by atoms with Crippen LogP contribution >= 0.6 is 0 Å². The molecule has 0 aliphatic rings. The van der Waals surface area contributed by atoms with Crippen LogP contribution in [0.15, 0.2) is 29.8 Å². The van der Waals surface area contributed by atoms with Crippen molar-refractivity contribution in [1.82, 2.24) is 0 Å². The number of esters is 1. The quantitative estimate of drug-likeness (QED) is 0.418. The van der Waals surface area contributed by atoms with Gasteiger partial charge in [-0.25, -0.2) is 0 Å². The molecule has 0 spiro atoms. The van der Waals surface area contributed by atoms with Crippen molar-refractivity contribution >= 4 is 12.0 Å². The predicted molar refractivity (Wildman–Crippen MR) is 81.6 cm³/mol. The van der Waals surface area contributed by atoms with Crippen molar-refractivity contribution in [3.05, 3.63) is 35.4 Å². The van der Waals surface area contributed by atoms with Gasteiger partial charge >= 0.3 is 5.97 Å². The molecular weight excluding hydrogens is 280 g/mol. The minimum atomic E-state index is -0.176. The number of nitriles is 2. The number of carbonyl (C=O) groups is 1. The van der Waals surface area contributed by atoms with E-state index in [2.05, 4.69) is 0 Å². The lowest BCUT2D eigenvalue weighted by molar-refractivity contribution is -0.143. The molecule has 0 aromatic heterocycles. The summed E-state index contributed by atoms with van der Waals surface area (Å²) < 4.78 is 10.4. The van der Waals surface area contributed by atoms with Gasteiger partial charge in [0.05, 0.1) is 13.2 Å². The van der Waals surface area contributed by atoms with Gasteiger partial charge in [0.15, 0.2) is 0 Å². The summed E-state index contributed by atoms with van der Waals surface area (Å²) in [4.78, 5) is 11.1. The largest absolute Gasteiger partial charge is 0.494 e. The molecule has 0 saturated heterocycles. The Morgan fingerprint density at radius 1 is 1.18 bits per heavy atom. The molecule has 0 unspecified atom stereocenters. The standard InChI is InChI=1S/C17H18N2O3/c1-2-21-17(20)5-3-4-10-22-16-8-6-14(7-9-16)11-15(12-18)13-19/h6-9,11H,2-5,10H2,1H3. The van der Waals surface area contributed by atoms with Gasteiger partial charge in [0.25, 0.3) is 0 Å². The molecule has 0 heterocycles. The first-order valence-corrected chi connectivity index (χ1v) is 7.10. The van der Waals surface area contributed by atoms with E-state index in [4.69, 9.17) is 20.0 Å². The van der Waals surface area contributed by atoms with Crippen LogP contribution in [0.4, 0.5) is 0 Å². The average molecular weight is 298 g/mol. The maximum Gasteiger partial charge on any atom is 0.305 e. The Bertz CT molecular complexity index is 576. The van der Waals surface area contributed by atoms with Gasteiger partial charge in [0.2, 0.25) is 0 Å². The zero-order chi connectivity index (χ0) is 16.2. The lowest BCUT2D eigenvalue weighted by Crippen LogP contribution is -2.05. The summed E-state index contributed by atoms with van der Waals surface area (Å²) >= 11 is 0. The molecule has 22 heavy (non-hydrogen) atoms. The lowest BCUT2D eigenvalue weighted by Gasteiger charge is -2.06. The Balaban J connectivity index is 2.34. The second kappa shape index (κ2) is 10.0. The zero-order valence-corrected chi connectivity index (χ0v) is 12.5. The number of allylic oxidation sites excluding steroid dienone is 1. The molecule has 0 fully saturated rings. The van der Waals surface area contributed by atoms with Gasteiger partial charge in [-0.15, -0.1) is 0 Å². The van der Waals surface area contributed by atoms with Crippen LogP contribution in [-0.4, -0.2) is 19.2 Å².